The summed E-state index contributed by atoms with van der Waals surface area (Å²) in [5.74, 6) is 0.987. The molecule has 0 amide bonds. The minimum absolute atomic E-state index is 0.339. The molecule has 2 aromatic heterocycles. The van der Waals surface area contributed by atoms with Crippen LogP contribution in [0.5, 0.6) is 0 Å². The Morgan fingerprint density at radius 2 is 1.81 bits per heavy atom. The Morgan fingerprint density at radius 3 is 2.57 bits per heavy atom. The number of fused-ring (bicyclic) bond motifs is 1. The number of benzene rings is 1. The fourth-order valence-corrected chi connectivity index (χ4v) is 4.04. The largest absolute Gasteiger partial charge is 0.356 e. The summed E-state index contributed by atoms with van der Waals surface area (Å²) in [5, 5.41) is 1.45. The third-order valence-electron chi connectivity index (χ3n) is 3.81. The average Bonchev–Trinajstić information content (AvgIpc) is 3.16. The second-order valence-electron chi connectivity index (χ2n) is 5.21. The van der Waals surface area contributed by atoms with E-state index in [1.165, 1.54) is 23.3 Å². The van der Waals surface area contributed by atoms with E-state index in [-0.39, 0.29) is 0 Å². The SMILES string of the molecule is Clc1nc(N2CCCC2)c2cc(-c3ccccc3)sc2n1. The first-order valence-electron chi connectivity index (χ1n) is 7.09. The highest BCUT2D eigenvalue weighted by molar-refractivity contribution is 7.22. The molecule has 3 heterocycles. The summed E-state index contributed by atoms with van der Waals surface area (Å²) >= 11 is 7.79. The number of hydrogen-bond donors (Lipinski definition) is 0. The molecule has 1 aromatic carbocycles. The second-order valence-corrected chi connectivity index (χ2v) is 6.57. The Labute approximate surface area is 132 Å². The molecule has 0 atom stereocenters. The van der Waals surface area contributed by atoms with Gasteiger partial charge in [-0.25, -0.2) is 4.98 Å². The number of rotatable bonds is 2. The maximum Gasteiger partial charge on any atom is 0.225 e. The number of nitrogens with zero attached hydrogens (tertiary/aromatic N) is 3. The molecule has 1 aliphatic heterocycles. The van der Waals surface area contributed by atoms with Crippen LogP contribution in [0, 0.1) is 0 Å². The highest BCUT2D eigenvalue weighted by Gasteiger charge is 2.19. The van der Waals surface area contributed by atoms with Gasteiger partial charge in [0.1, 0.15) is 10.6 Å². The summed E-state index contributed by atoms with van der Waals surface area (Å²) in [7, 11) is 0. The number of hydrogen-bond acceptors (Lipinski definition) is 4. The number of thiophene rings is 1. The van der Waals surface area contributed by atoms with Crippen LogP contribution >= 0.6 is 22.9 Å². The first-order chi connectivity index (χ1) is 10.3. The van der Waals surface area contributed by atoms with Crippen LogP contribution < -0.4 is 4.90 Å². The average molecular weight is 316 g/mol. The molecule has 4 rings (SSSR count). The van der Waals surface area contributed by atoms with Gasteiger partial charge in [-0.3, -0.25) is 0 Å². The van der Waals surface area contributed by atoms with Crippen molar-refractivity contribution in [2.75, 3.05) is 18.0 Å². The summed E-state index contributed by atoms with van der Waals surface area (Å²) in [6.07, 6.45) is 2.44. The van der Waals surface area contributed by atoms with E-state index < -0.39 is 0 Å². The molecule has 0 aliphatic carbocycles. The minimum Gasteiger partial charge on any atom is -0.356 e. The lowest BCUT2D eigenvalue weighted by Crippen LogP contribution is -2.19. The van der Waals surface area contributed by atoms with Gasteiger partial charge in [0.25, 0.3) is 0 Å². The van der Waals surface area contributed by atoms with E-state index in [4.69, 9.17) is 11.6 Å². The Balaban J connectivity index is 1.88. The molecule has 3 aromatic rings. The van der Waals surface area contributed by atoms with Crippen LogP contribution in [0.3, 0.4) is 0 Å². The van der Waals surface area contributed by atoms with Crippen molar-refractivity contribution in [2.24, 2.45) is 0 Å². The molecule has 0 bridgehead atoms. The van der Waals surface area contributed by atoms with Crippen molar-refractivity contribution < 1.29 is 0 Å². The molecule has 21 heavy (non-hydrogen) atoms. The van der Waals surface area contributed by atoms with Crippen LogP contribution in [0.2, 0.25) is 5.28 Å². The second kappa shape index (κ2) is 5.28. The fraction of sp³-hybridized carbons (Fsp3) is 0.250. The zero-order valence-electron chi connectivity index (χ0n) is 11.4. The highest BCUT2D eigenvalue weighted by Crippen LogP contribution is 2.37. The van der Waals surface area contributed by atoms with Crippen molar-refractivity contribution in [3.8, 4) is 10.4 Å². The molecular formula is C16H14ClN3S. The third kappa shape index (κ3) is 2.39. The van der Waals surface area contributed by atoms with E-state index in [9.17, 15) is 0 Å². The number of halogens is 1. The molecule has 5 heteroatoms. The Hall–Kier alpha value is -1.65. The normalized spacial score (nSPS) is 15.0. The van der Waals surface area contributed by atoms with Crippen LogP contribution in [0.15, 0.2) is 36.4 Å². The van der Waals surface area contributed by atoms with Crippen molar-refractivity contribution in [3.05, 3.63) is 41.7 Å². The van der Waals surface area contributed by atoms with E-state index in [0.29, 0.717) is 5.28 Å². The Kier molecular flexibility index (Phi) is 3.28. The first kappa shape index (κ1) is 13.0. The van der Waals surface area contributed by atoms with Crippen molar-refractivity contribution in [1.82, 2.24) is 9.97 Å². The van der Waals surface area contributed by atoms with Gasteiger partial charge in [0.15, 0.2) is 0 Å². The highest BCUT2D eigenvalue weighted by atomic mass is 35.5. The molecular weight excluding hydrogens is 302 g/mol. The lowest BCUT2D eigenvalue weighted by molar-refractivity contribution is 0.940. The molecule has 0 unspecified atom stereocenters. The van der Waals surface area contributed by atoms with Crippen molar-refractivity contribution in [3.63, 3.8) is 0 Å². The van der Waals surface area contributed by atoms with Crippen molar-refractivity contribution >= 4 is 39.0 Å². The molecule has 0 N–H and O–H groups in total. The molecule has 0 radical (unpaired) electrons. The lowest BCUT2D eigenvalue weighted by atomic mass is 10.2. The summed E-state index contributed by atoms with van der Waals surface area (Å²) < 4.78 is 0. The maximum absolute atomic E-state index is 6.12. The van der Waals surface area contributed by atoms with Gasteiger partial charge < -0.3 is 4.90 Å². The Bertz CT molecular complexity index is 779. The Morgan fingerprint density at radius 1 is 1.05 bits per heavy atom. The van der Waals surface area contributed by atoms with Gasteiger partial charge in [-0.2, -0.15) is 4.98 Å². The molecule has 0 saturated carbocycles. The number of aromatic nitrogens is 2. The molecule has 0 spiro atoms. The molecule has 1 aliphatic rings. The van der Waals surface area contributed by atoms with Gasteiger partial charge in [0.05, 0.1) is 5.39 Å². The molecule has 1 saturated heterocycles. The molecule has 1 fully saturated rings. The maximum atomic E-state index is 6.12. The molecule has 3 nitrogen and oxygen atoms in total. The number of anilines is 1. The third-order valence-corrected chi connectivity index (χ3v) is 5.06. The predicted octanol–water partition coefficient (Wildman–Crippen LogP) is 4.61. The van der Waals surface area contributed by atoms with E-state index in [1.807, 2.05) is 6.07 Å². The van der Waals surface area contributed by atoms with Crippen LogP contribution in [-0.2, 0) is 0 Å². The standard InChI is InChI=1S/C16H14ClN3S/c17-16-18-14(20-8-4-5-9-20)12-10-13(21-15(12)19-16)11-6-2-1-3-7-11/h1-3,6-7,10H,4-5,8-9H2. The zero-order chi connectivity index (χ0) is 14.2. The van der Waals surface area contributed by atoms with Gasteiger partial charge in [-0.15, -0.1) is 11.3 Å². The van der Waals surface area contributed by atoms with E-state index in [0.717, 1.165) is 29.1 Å². The monoisotopic (exact) mass is 315 g/mol. The van der Waals surface area contributed by atoms with Crippen LogP contribution in [0.1, 0.15) is 12.8 Å². The van der Waals surface area contributed by atoms with Crippen LogP contribution in [0.25, 0.3) is 20.7 Å². The lowest BCUT2D eigenvalue weighted by Gasteiger charge is -2.16. The van der Waals surface area contributed by atoms with Gasteiger partial charge in [0, 0.05) is 18.0 Å². The first-order valence-corrected chi connectivity index (χ1v) is 8.28. The quantitative estimate of drug-likeness (QED) is 0.647. The summed E-state index contributed by atoms with van der Waals surface area (Å²) in [4.78, 5) is 13.4. The van der Waals surface area contributed by atoms with E-state index >= 15 is 0 Å². The predicted molar refractivity (Wildman–Crippen MR) is 89.3 cm³/mol. The smallest absolute Gasteiger partial charge is 0.225 e. The van der Waals surface area contributed by atoms with Gasteiger partial charge in [0.2, 0.25) is 5.28 Å². The van der Waals surface area contributed by atoms with Crippen LogP contribution in [-0.4, -0.2) is 23.1 Å². The van der Waals surface area contributed by atoms with Crippen molar-refractivity contribution in [1.29, 1.82) is 0 Å². The van der Waals surface area contributed by atoms with Crippen molar-refractivity contribution in [2.45, 2.75) is 12.8 Å². The van der Waals surface area contributed by atoms with Gasteiger partial charge >= 0.3 is 0 Å². The fourth-order valence-electron chi connectivity index (χ4n) is 2.80. The van der Waals surface area contributed by atoms with Gasteiger partial charge in [-0.05, 0) is 36.1 Å². The summed E-state index contributed by atoms with van der Waals surface area (Å²) in [6, 6.07) is 12.6. The van der Waals surface area contributed by atoms with Crippen LogP contribution in [0.4, 0.5) is 5.82 Å². The van der Waals surface area contributed by atoms with E-state index in [2.05, 4.69) is 45.2 Å². The van der Waals surface area contributed by atoms with Gasteiger partial charge in [-0.1, -0.05) is 30.3 Å². The minimum atomic E-state index is 0.339. The summed E-state index contributed by atoms with van der Waals surface area (Å²) in [5.41, 5.74) is 1.21. The molecule has 106 valence electrons. The summed E-state index contributed by atoms with van der Waals surface area (Å²) in [6.45, 7) is 2.11. The van der Waals surface area contributed by atoms with E-state index in [1.54, 1.807) is 11.3 Å². The zero-order valence-corrected chi connectivity index (χ0v) is 13.0. The topological polar surface area (TPSA) is 29.0 Å².